The Bertz CT molecular complexity index is 634. The summed E-state index contributed by atoms with van der Waals surface area (Å²) in [6.07, 6.45) is 1.51. The van der Waals surface area contributed by atoms with E-state index in [0.717, 1.165) is 4.88 Å². The van der Waals surface area contributed by atoms with Gasteiger partial charge in [0.2, 0.25) is 5.91 Å². The average Bonchev–Trinajstić information content (AvgIpc) is 3.06. The second-order valence-corrected chi connectivity index (χ2v) is 6.03. The summed E-state index contributed by atoms with van der Waals surface area (Å²) in [4.78, 5) is 23.8. The van der Waals surface area contributed by atoms with E-state index in [-0.39, 0.29) is 19.0 Å². The van der Waals surface area contributed by atoms with E-state index in [9.17, 15) is 9.59 Å². The van der Waals surface area contributed by atoms with Crippen LogP contribution < -0.4 is 5.32 Å². The van der Waals surface area contributed by atoms with E-state index < -0.39 is 11.4 Å². The molecule has 0 aliphatic rings. The Labute approximate surface area is 125 Å². The van der Waals surface area contributed by atoms with Gasteiger partial charge in [0, 0.05) is 4.88 Å². The summed E-state index contributed by atoms with van der Waals surface area (Å²) in [5.41, 5.74) is -0.0998. The monoisotopic (exact) mass is 308 g/mol. The van der Waals surface area contributed by atoms with E-state index in [1.165, 1.54) is 22.2 Å². The highest BCUT2D eigenvalue weighted by atomic mass is 32.1. The highest BCUT2D eigenvalue weighted by molar-refractivity contribution is 7.10. The van der Waals surface area contributed by atoms with E-state index in [4.69, 9.17) is 5.11 Å². The molecule has 0 radical (unpaired) electrons. The summed E-state index contributed by atoms with van der Waals surface area (Å²) < 4.78 is 1.22. The predicted molar refractivity (Wildman–Crippen MR) is 76.8 cm³/mol. The second kappa shape index (κ2) is 6.04. The number of nitrogens with one attached hydrogen (secondary N) is 1. The molecule has 0 saturated carbocycles. The zero-order valence-corrected chi connectivity index (χ0v) is 12.6. The Kier molecular flexibility index (Phi) is 4.37. The molecule has 0 aliphatic carbocycles. The number of thiophene rings is 1. The molecule has 0 saturated heterocycles. The van der Waals surface area contributed by atoms with Gasteiger partial charge in [0.1, 0.15) is 12.2 Å². The molecular weight excluding hydrogens is 292 g/mol. The van der Waals surface area contributed by atoms with E-state index in [1.807, 2.05) is 31.4 Å². The molecule has 2 rings (SSSR count). The smallest absolute Gasteiger partial charge is 0.325 e. The summed E-state index contributed by atoms with van der Waals surface area (Å²) in [6, 6.07) is 3.83. The van der Waals surface area contributed by atoms with Gasteiger partial charge in [0.25, 0.3) is 0 Å². The maximum atomic E-state index is 12.3. The first kappa shape index (κ1) is 15.2. The van der Waals surface area contributed by atoms with Gasteiger partial charge >= 0.3 is 5.97 Å². The van der Waals surface area contributed by atoms with Gasteiger partial charge in [-0.25, -0.2) is 4.68 Å². The van der Waals surface area contributed by atoms with Gasteiger partial charge in [0.15, 0.2) is 0 Å². The second-order valence-electron chi connectivity index (χ2n) is 5.09. The van der Waals surface area contributed by atoms with Crippen LogP contribution in [0.2, 0.25) is 0 Å². The molecule has 0 aliphatic heterocycles. The van der Waals surface area contributed by atoms with Crippen molar-refractivity contribution in [2.45, 2.75) is 32.4 Å². The number of carboxylic acid groups (broad SMARTS) is 1. The van der Waals surface area contributed by atoms with Crippen LogP contribution in [-0.2, 0) is 28.1 Å². The molecule has 0 spiro atoms. The Balaban J connectivity index is 1.95. The molecule has 0 unspecified atom stereocenters. The highest BCUT2D eigenvalue weighted by Crippen LogP contribution is 2.27. The molecule has 21 heavy (non-hydrogen) atoms. The average molecular weight is 308 g/mol. The Morgan fingerprint density at radius 2 is 2.24 bits per heavy atom. The van der Waals surface area contributed by atoms with Crippen LogP contribution in [0.25, 0.3) is 0 Å². The lowest BCUT2D eigenvalue weighted by atomic mass is 9.90. The minimum Gasteiger partial charge on any atom is -0.480 e. The first-order chi connectivity index (χ1) is 9.89. The molecule has 7 nitrogen and oxygen atoms in total. The number of hydrogen-bond acceptors (Lipinski definition) is 5. The van der Waals surface area contributed by atoms with Crippen LogP contribution in [0.1, 0.15) is 24.4 Å². The van der Waals surface area contributed by atoms with Crippen LogP contribution in [0.5, 0.6) is 0 Å². The van der Waals surface area contributed by atoms with Crippen LogP contribution >= 0.6 is 11.3 Å². The lowest BCUT2D eigenvalue weighted by Gasteiger charge is -2.21. The lowest BCUT2D eigenvalue weighted by Crippen LogP contribution is -2.39. The van der Waals surface area contributed by atoms with Crippen molar-refractivity contribution < 1.29 is 14.7 Å². The summed E-state index contributed by atoms with van der Waals surface area (Å²) in [5, 5.41) is 20.9. The quantitative estimate of drug-likeness (QED) is 0.830. The molecule has 0 bridgehead atoms. The molecule has 8 heteroatoms. The third-order valence-corrected chi connectivity index (χ3v) is 4.21. The number of nitrogens with zero attached hydrogens (tertiary/aromatic N) is 3. The Morgan fingerprint density at radius 3 is 2.86 bits per heavy atom. The van der Waals surface area contributed by atoms with Gasteiger partial charge < -0.3 is 10.4 Å². The van der Waals surface area contributed by atoms with Gasteiger partial charge in [-0.05, 0) is 25.3 Å². The number of aromatic nitrogens is 3. The molecule has 2 N–H and O–H groups in total. The first-order valence-corrected chi connectivity index (χ1v) is 7.20. The molecule has 0 aromatic carbocycles. The number of hydrogen-bond donors (Lipinski definition) is 2. The first-order valence-electron chi connectivity index (χ1n) is 6.32. The zero-order chi connectivity index (χ0) is 15.5. The topological polar surface area (TPSA) is 97.1 Å². The maximum absolute atomic E-state index is 12.3. The largest absolute Gasteiger partial charge is 0.480 e. The van der Waals surface area contributed by atoms with Crippen molar-refractivity contribution in [1.29, 1.82) is 0 Å². The minimum absolute atomic E-state index is 0.113. The summed E-state index contributed by atoms with van der Waals surface area (Å²) in [5.74, 6) is -1.10. The van der Waals surface area contributed by atoms with Crippen molar-refractivity contribution >= 4 is 23.2 Å². The van der Waals surface area contributed by atoms with Crippen molar-refractivity contribution in [3.05, 3.63) is 34.3 Å². The van der Waals surface area contributed by atoms with Crippen molar-refractivity contribution in [2.75, 3.05) is 0 Å². The van der Waals surface area contributed by atoms with Gasteiger partial charge in [0.05, 0.1) is 18.2 Å². The highest BCUT2D eigenvalue weighted by Gasteiger charge is 2.30. The SMILES string of the molecule is CC(C)(C(=O)NCc1cn(CC(=O)O)nn1)c1cccs1. The standard InChI is InChI=1S/C13H16N4O3S/c1-13(2,10-4-3-5-21-10)12(20)14-6-9-7-17(16-15-9)8-11(18)19/h3-5,7H,6,8H2,1-2H3,(H,14,20)(H,18,19). The minimum atomic E-state index is -0.991. The normalized spacial score (nSPS) is 11.3. The van der Waals surface area contributed by atoms with Gasteiger partial charge in [-0.3, -0.25) is 9.59 Å². The fourth-order valence-corrected chi connectivity index (χ4v) is 2.62. The van der Waals surface area contributed by atoms with Crippen molar-refractivity contribution in [1.82, 2.24) is 20.3 Å². The van der Waals surface area contributed by atoms with Crippen LogP contribution in [0.3, 0.4) is 0 Å². The summed E-state index contributed by atoms with van der Waals surface area (Å²) in [6.45, 7) is 3.68. The van der Waals surface area contributed by atoms with Gasteiger partial charge in [-0.2, -0.15) is 0 Å². The van der Waals surface area contributed by atoms with Crippen LogP contribution in [0, 0.1) is 0 Å². The summed E-state index contributed by atoms with van der Waals surface area (Å²) >= 11 is 1.53. The third kappa shape index (κ3) is 3.66. The number of carbonyl (C=O) groups is 2. The van der Waals surface area contributed by atoms with E-state index >= 15 is 0 Å². The van der Waals surface area contributed by atoms with Crippen LogP contribution in [0.4, 0.5) is 0 Å². The fourth-order valence-electron chi connectivity index (χ4n) is 1.77. The lowest BCUT2D eigenvalue weighted by molar-refractivity contribution is -0.138. The van der Waals surface area contributed by atoms with Crippen molar-refractivity contribution in [3.63, 3.8) is 0 Å². The van der Waals surface area contributed by atoms with Gasteiger partial charge in [-0.1, -0.05) is 11.3 Å². The maximum Gasteiger partial charge on any atom is 0.325 e. The van der Waals surface area contributed by atoms with E-state index in [0.29, 0.717) is 5.69 Å². The molecule has 1 amide bonds. The molecule has 0 atom stereocenters. The van der Waals surface area contributed by atoms with E-state index in [2.05, 4.69) is 15.6 Å². The zero-order valence-electron chi connectivity index (χ0n) is 11.7. The van der Waals surface area contributed by atoms with E-state index in [1.54, 1.807) is 0 Å². The van der Waals surface area contributed by atoms with Crippen LogP contribution in [0.15, 0.2) is 23.7 Å². The molecule has 2 aromatic heterocycles. The summed E-state index contributed by atoms with van der Waals surface area (Å²) in [7, 11) is 0. The number of aliphatic carboxylic acids is 1. The number of amides is 1. The number of rotatable bonds is 6. The molecule has 0 fully saturated rings. The molecule has 2 aromatic rings. The molecular formula is C13H16N4O3S. The Morgan fingerprint density at radius 1 is 1.48 bits per heavy atom. The number of carbonyl (C=O) groups excluding carboxylic acids is 1. The Hall–Kier alpha value is -2.22. The predicted octanol–water partition coefficient (Wildman–Crippen LogP) is 1.02. The number of carboxylic acids is 1. The van der Waals surface area contributed by atoms with Gasteiger partial charge in [-0.15, -0.1) is 16.4 Å². The molecule has 112 valence electrons. The van der Waals surface area contributed by atoms with Crippen molar-refractivity contribution in [3.8, 4) is 0 Å². The molecule has 2 heterocycles. The van der Waals surface area contributed by atoms with Crippen LogP contribution in [-0.4, -0.2) is 32.0 Å². The van der Waals surface area contributed by atoms with Crippen molar-refractivity contribution in [2.24, 2.45) is 0 Å². The third-order valence-electron chi connectivity index (χ3n) is 3.02. The fraction of sp³-hybridized carbons (Fsp3) is 0.385.